The van der Waals surface area contributed by atoms with E-state index in [2.05, 4.69) is 15.6 Å². The molecule has 0 radical (unpaired) electrons. The lowest BCUT2D eigenvalue weighted by molar-refractivity contribution is -0.133. The van der Waals surface area contributed by atoms with Crippen LogP contribution in [0.15, 0.2) is 66.7 Å². The topological polar surface area (TPSA) is 91.4 Å². The number of benzene rings is 2. The number of nitrogens with zero attached hydrogens (tertiary/aromatic N) is 2. The molecule has 1 saturated heterocycles. The summed E-state index contributed by atoms with van der Waals surface area (Å²) in [4.78, 5) is 42.9. The summed E-state index contributed by atoms with van der Waals surface area (Å²) in [7, 11) is 0. The van der Waals surface area contributed by atoms with Crippen molar-refractivity contribution in [3.8, 4) is 0 Å². The number of imide groups is 1. The molecule has 7 nitrogen and oxygen atoms in total. The summed E-state index contributed by atoms with van der Waals surface area (Å²) in [6.07, 6.45) is 0. The number of hydrogen-bond acceptors (Lipinski definition) is 4. The first-order valence-corrected chi connectivity index (χ1v) is 8.83. The molecule has 2 heterocycles. The average Bonchev–Trinajstić information content (AvgIpc) is 2.92. The zero-order chi connectivity index (χ0) is 19.7. The number of fused-ring (bicyclic) bond motifs is 1. The number of carbonyl (C=O) groups excluding carboxylic acids is 3. The van der Waals surface area contributed by atoms with Crippen molar-refractivity contribution in [3.05, 3.63) is 72.3 Å². The number of nitrogens with one attached hydrogen (secondary N) is 2. The molecular weight excluding hydrogens is 356 g/mol. The molecule has 4 rings (SSSR count). The largest absolute Gasteiger partial charge is 0.325 e. The van der Waals surface area contributed by atoms with Crippen molar-refractivity contribution in [1.29, 1.82) is 0 Å². The summed E-state index contributed by atoms with van der Waals surface area (Å²) in [5.41, 5.74) is 0.208. The van der Waals surface area contributed by atoms with Gasteiger partial charge in [-0.25, -0.2) is 9.78 Å². The molecule has 0 aliphatic carbocycles. The number of aromatic nitrogens is 1. The summed E-state index contributed by atoms with van der Waals surface area (Å²) in [6, 6.07) is 19.4. The van der Waals surface area contributed by atoms with Gasteiger partial charge in [-0.15, -0.1) is 0 Å². The molecule has 0 spiro atoms. The second-order valence-corrected chi connectivity index (χ2v) is 6.75. The van der Waals surface area contributed by atoms with E-state index in [-0.39, 0.29) is 6.54 Å². The number of pyridine rings is 1. The first-order chi connectivity index (χ1) is 13.5. The van der Waals surface area contributed by atoms with E-state index in [0.29, 0.717) is 11.4 Å². The Morgan fingerprint density at radius 3 is 2.54 bits per heavy atom. The minimum absolute atomic E-state index is 0.363. The molecule has 1 aromatic heterocycles. The van der Waals surface area contributed by atoms with Gasteiger partial charge in [0.15, 0.2) is 0 Å². The standard InChI is InChI=1S/C21H18N4O3/c1-21(15-8-3-2-4-9-15)19(27)25(20(28)24-21)13-18(26)23-17-12-11-14-7-5-6-10-16(14)22-17/h2-12H,13H2,1H3,(H,24,28)(H,22,23,26). The van der Waals surface area contributed by atoms with E-state index in [1.807, 2.05) is 36.4 Å². The summed E-state index contributed by atoms with van der Waals surface area (Å²) in [6.45, 7) is 1.24. The predicted molar refractivity (Wildman–Crippen MR) is 104 cm³/mol. The number of anilines is 1. The third-order valence-electron chi connectivity index (χ3n) is 4.79. The summed E-state index contributed by atoms with van der Waals surface area (Å²) in [5.74, 6) is -0.601. The van der Waals surface area contributed by atoms with Crippen LogP contribution in [0.1, 0.15) is 12.5 Å². The second-order valence-electron chi connectivity index (χ2n) is 6.75. The Kier molecular flexibility index (Phi) is 4.27. The maximum absolute atomic E-state index is 12.8. The third kappa shape index (κ3) is 3.07. The molecule has 1 aliphatic rings. The molecule has 140 valence electrons. The Bertz CT molecular complexity index is 1080. The first-order valence-electron chi connectivity index (χ1n) is 8.83. The maximum Gasteiger partial charge on any atom is 0.325 e. The highest BCUT2D eigenvalue weighted by Gasteiger charge is 2.49. The van der Waals surface area contributed by atoms with Crippen LogP contribution in [0.3, 0.4) is 0 Å². The number of hydrogen-bond donors (Lipinski definition) is 2. The van der Waals surface area contributed by atoms with Gasteiger partial charge in [-0.05, 0) is 30.7 Å². The Morgan fingerprint density at radius 1 is 1.04 bits per heavy atom. The Morgan fingerprint density at radius 2 is 1.75 bits per heavy atom. The number of rotatable bonds is 4. The van der Waals surface area contributed by atoms with Gasteiger partial charge in [0.25, 0.3) is 5.91 Å². The molecule has 3 aromatic rings. The normalized spacial score (nSPS) is 19.0. The van der Waals surface area contributed by atoms with Crippen LogP contribution in [-0.4, -0.2) is 34.3 Å². The van der Waals surface area contributed by atoms with Crippen molar-refractivity contribution in [2.24, 2.45) is 0 Å². The van der Waals surface area contributed by atoms with E-state index in [4.69, 9.17) is 0 Å². The molecule has 0 saturated carbocycles. The number of urea groups is 1. The van der Waals surface area contributed by atoms with Gasteiger partial charge < -0.3 is 10.6 Å². The molecule has 28 heavy (non-hydrogen) atoms. The van der Waals surface area contributed by atoms with Crippen LogP contribution in [0.4, 0.5) is 10.6 Å². The molecule has 1 fully saturated rings. The van der Waals surface area contributed by atoms with Gasteiger partial charge in [0.1, 0.15) is 17.9 Å². The van der Waals surface area contributed by atoms with E-state index >= 15 is 0 Å². The minimum Gasteiger partial charge on any atom is -0.319 e. The van der Waals surface area contributed by atoms with Crippen LogP contribution in [-0.2, 0) is 15.1 Å². The quantitative estimate of drug-likeness (QED) is 0.687. The second kappa shape index (κ2) is 6.77. The van der Waals surface area contributed by atoms with Crippen molar-refractivity contribution in [3.63, 3.8) is 0 Å². The van der Waals surface area contributed by atoms with Gasteiger partial charge in [-0.2, -0.15) is 0 Å². The molecule has 2 aromatic carbocycles. The van der Waals surface area contributed by atoms with Gasteiger partial charge >= 0.3 is 6.03 Å². The molecule has 1 atom stereocenters. The molecule has 4 amide bonds. The maximum atomic E-state index is 12.8. The lowest BCUT2D eigenvalue weighted by atomic mass is 9.92. The summed E-state index contributed by atoms with van der Waals surface area (Å²) >= 11 is 0. The van der Waals surface area contributed by atoms with Crippen LogP contribution in [0.2, 0.25) is 0 Å². The molecule has 1 aliphatic heterocycles. The monoisotopic (exact) mass is 374 g/mol. The Labute approximate surface area is 161 Å². The molecule has 7 heteroatoms. The van der Waals surface area contributed by atoms with Gasteiger partial charge in [0, 0.05) is 5.39 Å². The molecule has 0 bridgehead atoms. The number of amides is 4. The smallest absolute Gasteiger partial charge is 0.319 e. The van der Waals surface area contributed by atoms with E-state index in [1.165, 1.54) is 0 Å². The third-order valence-corrected chi connectivity index (χ3v) is 4.79. The SMILES string of the molecule is CC1(c2ccccc2)NC(=O)N(CC(=O)Nc2ccc3ccccc3n2)C1=O. The van der Waals surface area contributed by atoms with Crippen LogP contribution in [0.5, 0.6) is 0 Å². The number of carbonyl (C=O) groups is 3. The van der Waals surface area contributed by atoms with Gasteiger partial charge in [0.2, 0.25) is 5.91 Å². The lowest BCUT2D eigenvalue weighted by Crippen LogP contribution is -2.42. The lowest BCUT2D eigenvalue weighted by Gasteiger charge is -2.22. The molecular formula is C21H18N4O3. The van der Waals surface area contributed by atoms with Crippen LogP contribution in [0, 0.1) is 0 Å². The van der Waals surface area contributed by atoms with Crippen molar-refractivity contribution in [1.82, 2.24) is 15.2 Å². The highest BCUT2D eigenvalue weighted by Crippen LogP contribution is 2.28. The zero-order valence-corrected chi connectivity index (χ0v) is 15.2. The Hall–Kier alpha value is -3.74. The van der Waals surface area contributed by atoms with Gasteiger partial charge in [0.05, 0.1) is 5.52 Å². The zero-order valence-electron chi connectivity index (χ0n) is 15.2. The molecule has 1 unspecified atom stereocenters. The Balaban J connectivity index is 1.49. The van der Waals surface area contributed by atoms with Gasteiger partial charge in [-0.3, -0.25) is 14.5 Å². The summed E-state index contributed by atoms with van der Waals surface area (Å²) in [5, 5.41) is 6.28. The number of para-hydroxylation sites is 1. The first kappa shape index (κ1) is 17.7. The van der Waals surface area contributed by atoms with E-state index in [0.717, 1.165) is 15.8 Å². The van der Waals surface area contributed by atoms with E-state index < -0.39 is 23.4 Å². The highest BCUT2D eigenvalue weighted by atomic mass is 16.2. The average molecular weight is 374 g/mol. The molecule has 2 N–H and O–H groups in total. The predicted octanol–water partition coefficient (Wildman–Crippen LogP) is 2.64. The van der Waals surface area contributed by atoms with Gasteiger partial charge in [-0.1, -0.05) is 48.5 Å². The van der Waals surface area contributed by atoms with Crippen LogP contribution >= 0.6 is 0 Å². The van der Waals surface area contributed by atoms with Crippen molar-refractivity contribution in [2.45, 2.75) is 12.5 Å². The fraction of sp³-hybridized carbons (Fsp3) is 0.143. The minimum atomic E-state index is -1.19. The van der Waals surface area contributed by atoms with E-state index in [9.17, 15) is 14.4 Å². The summed E-state index contributed by atoms with van der Waals surface area (Å²) < 4.78 is 0. The van der Waals surface area contributed by atoms with Crippen molar-refractivity contribution < 1.29 is 14.4 Å². The van der Waals surface area contributed by atoms with Crippen LogP contribution in [0.25, 0.3) is 10.9 Å². The van der Waals surface area contributed by atoms with Crippen molar-refractivity contribution >= 4 is 34.6 Å². The fourth-order valence-corrected chi connectivity index (χ4v) is 3.27. The van der Waals surface area contributed by atoms with E-state index in [1.54, 1.807) is 37.3 Å². The fourth-order valence-electron chi connectivity index (χ4n) is 3.27. The van der Waals surface area contributed by atoms with Crippen molar-refractivity contribution in [2.75, 3.05) is 11.9 Å². The van der Waals surface area contributed by atoms with Crippen LogP contribution < -0.4 is 10.6 Å². The highest BCUT2D eigenvalue weighted by molar-refractivity contribution is 6.10.